The van der Waals surface area contributed by atoms with Gasteiger partial charge in [0, 0.05) is 0 Å². The van der Waals surface area contributed by atoms with Gasteiger partial charge in [0.2, 0.25) is 0 Å². The first-order chi connectivity index (χ1) is 14.3. The maximum atomic E-state index is 2.60. The third-order valence-electron chi connectivity index (χ3n) is 8.68. The third-order valence-corrected chi connectivity index (χ3v) is 12.4. The van der Waals surface area contributed by atoms with Gasteiger partial charge in [0.05, 0.1) is 0 Å². The fourth-order valence-electron chi connectivity index (χ4n) is 8.00. The average Bonchev–Trinajstić information content (AvgIpc) is 3.32. The summed E-state index contributed by atoms with van der Waals surface area (Å²) < 4.78 is 3.67. The number of fused-ring (bicyclic) bond motifs is 3. The molecule has 0 radical (unpaired) electrons. The van der Waals surface area contributed by atoms with Crippen molar-refractivity contribution in [2.45, 2.75) is 51.4 Å². The van der Waals surface area contributed by atoms with Gasteiger partial charge in [-0.2, -0.15) is 0 Å². The molecule has 0 nitrogen and oxygen atoms in total. The maximum Gasteiger partial charge on any atom is -1.00 e. The topological polar surface area (TPSA) is 0 Å². The van der Waals surface area contributed by atoms with E-state index in [9.17, 15) is 0 Å². The molecule has 0 N–H and O–H groups in total. The molecule has 4 bridgehead atoms. The van der Waals surface area contributed by atoms with E-state index in [-0.39, 0.29) is 24.8 Å². The van der Waals surface area contributed by atoms with Crippen molar-refractivity contribution in [2.24, 2.45) is 23.2 Å². The molecule has 2 aromatic carbocycles. The van der Waals surface area contributed by atoms with Crippen molar-refractivity contribution in [3.8, 4) is 11.1 Å². The van der Waals surface area contributed by atoms with Crippen molar-refractivity contribution >= 4 is 3.27 Å². The molecule has 3 heteroatoms. The smallest absolute Gasteiger partial charge is 1.00 e. The van der Waals surface area contributed by atoms with Crippen LogP contribution >= 0.6 is 0 Å². The van der Waals surface area contributed by atoms with Crippen LogP contribution in [-0.4, -0.2) is 0 Å². The second-order valence-corrected chi connectivity index (χ2v) is 13.9. The van der Waals surface area contributed by atoms with E-state index in [1.165, 1.54) is 42.4 Å². The van der Waals surface area contributed by atoms with Crippen LogP contribution in [0, 0.1) is 23.2 Å². The Morgan fingerprint density at radius 1 is 0.774 bits per heavy atom. The summed E-state index contributed by atoms with van der Waals surface area (Å²) in [5.74, 6) is 3.14. The summed E-state index contributed by atoms with van der Waals surface area (Å²) in [6.45, 7) is 0. The standard InChI is InChI=1S/C15H19.C13H9.2ClH.Zr/c1-2-4-14(3-1)15-8-11-5-12(9-15)7-13(6-11)10-15;1-3-7-12-10(5-1)9-11-6-2-4-8-13(11)12;;;/h1,3,11-13H,2,5-10H2;1-5,7-8H,9H2;2*1H;/q;;;;+2/p-2. The maximum absolute atomic E-state index is 2.60. The van der Waals surface area contributed by atoms with Gasteiger partial charge in [-0.1, -0.05) is 0 Å². The summed E-state index contributed by atoms with van der Waals surface area (Å²) in [4.78, 5) is 0. The second-order valence-electron chi connectivity index (χ2n) is 10.5. The van der Waals surface area contributed by atoms with Gasteiger partial charge >= 0.3 is 187 Å². The van der Waals surface area contributed by atoms with E-state index < -0.39 is 23.2 Å². The number of hydrogen-bond acceptors (Lipinski definition) is 0. The molecule has 31 heavy (non-hydrogen) atoms. The van der Waals surface area contributed by atoms with E-state index in [1.54, 1.807) is 28.1 Å². The minimum Gasteiger partial charge on any atom is -1.00 e. The summed E-state index contributed by atoms with van der Waals surface area (Å²) in [6.07, 6.45) is 16.7. The molecule has 0 heterocycles. The Kier molecular flexibility index (Phi) is 5.95. The molecule has 158 valence electrons. The minimum atomic E-state index is -0.736. The van der Waals surface area contributed by atoms with Crippen LogP contribution in [0.2, 0.25) is 0 Å². The fraction of sp³-hybridized carbons (Fsp3) is 0.429. The fourth-order valence-corrected chi connectivity index (χ4v) is 11.9. The molecular weight excluding hydrogens is 498 g/mol. The van der Waals surface area contributed by atoms with Gasteiger partial charge in [-0.15, -0.1) is 0 Å². The first kappa shape index (κ1) is 22.2. The number of benzene rings is 2. The molecular formula is C28H28Cl2Zr. The molecule has 8 rings (SSSR count). The number of hydrogen-bond donors (Lipinski definition) is 0. The molecule has 6 aliphatic rings. The predicted molar refractivity (Wildman–Crippen MR) is 116 cm³/mol. The molecule has 2 aromatic rings. The largest absolute Gasteiger partial charge is 1.00 e. The van der Waals surface area contributed by atoms with Gasteiger partial charge < -0.3 is 24.8 Å². The van der Waals surface area contributed by atoms with Gasteiger partial charge in [-0.05, 0) is 0 Å². The molecule has 4 fully saturated rings. The summed E-state index contributed by atoms with van der Waals surface area (Å²) in [5.41, 5.74) is 8.67. The van der Waals surface area contributed by atoms with Gasteiger partial charge in [-0.3, -0.25) is 0 Å². The number of rotatable bonds is 3. The van der Waals surface area contributed by atoms with Crippen molar-refractivity contribution in [2.75, 3.05) is 0 Å². The zero-order chi connectivity index (χ0) is 19.0. The zero-order valence-corrected chi connectivity index (χ0v) is 21.8. The Morgan fingerprint density at radius 2 is 1.45 bits per heavy atom. The molecule has 0 atom stereocenters. The Bertz CT molecular complexity index is 1040. The van der Waals surface area contributed by atoms with Crippen molar-refractivity contribution in [1.82, 2.24) is 0 Å². The summed E-state index contributed by atoms with van der Waals surface area (Å²) >= 11 is -0.736. The monoisotopic (exact) mass is 524 g/mol. The van der Waals surface area contributed by atoms with E-state index in [2.05, 4.69) is 54.6 Å². The van der Waals surface area contributed by atoms with Crippen molar-refractivity contribution < 1.29 is 48.0 Å². The molecule has 0 saturated heterocycles. The quantitative estimate of drug-likeness (QED) is 0.464. The van der Waals surface area contributed by atoms with Crippen molar-refractivity contribution in [3.05, 3.63) is 74.6 Å². The van der Waals surface area contributed by atoms with Gasteiger partial charge in [-0.25, -0.2) is 0 Å². The van der Waals surface area contributed by atoms with E-state index in [4.69, 9.17) is 0 Å². The Balaban J connectivity index is 0.00000102. The summed E-state index contributed by atoms with van der Waals surface area (Å²) in [6, 6.07) is 16.3. The normalized spacial score (nSPS) is 31.0. The van der Waals surface area contributed by atoms with E-state index in [1.807, 2.05) is 8.85 Å². The summed E-state index contributed by atoms with van der Waals surface area (Å²) in [5, 5.41) is 0. The van der Waals surface area contributed by atoms with Crippen LogP contribution in [-0.2, 0) is 29.7 Å². The first-order valence-corrected chi connectivity index (χ1v) is 14.1. The molecule has 0 amide bonds. The zero-order valence-electron chi connectivity index (χ0n) is 17.8. The molecule has 4 saturated carbocycles. The average molecular weight is 527 g/mol. The van der Waals surface area contributed by atoms with E-state index in [0.29, 0.717) is 5.41 Å². The van der Waals surface area contributed by atoms with Gasteiger partial charge in [0.15, 0.2) is 0 Å². The second kappa shape index (κ2) is 8.31. The molecule has 0 unspecified atom stereocenters. The van der Waals surface area contributed by atoms with Crippen LogP contribution in [0.1, 0.15) is 56.1 Å². The van der Waals surface area contributed by atoms with Crippen LogP contribution in [0.25, 0.3) is 11.1 Å². The third kappa shape index (κ3) is 3.50. The Labute approximate surface area is 210 Å². The van der Waals surface area contributed by atoms with Crippen molar-refractivity contribution in [1.29, 1.82) is 0 Å². The minimum absolute atomic E-state index is 0. The van der Waals surface area contributed by atoms with Gasteiger partial charge in [0.25, 0.3) is 0 Å². The van der Waals surface area contributed by atoms with Crippen LogP contribution < -0.4 is 28.1 Å². The van der Waals surface area contributed by atoms with Crippen molar-refractivity contribution in [3.63, 3.8) is 0 Å². The van der Waals surface area contributed by atoms with Gasteiger partial charge in [0.1, 0.15) is 0 Å². The predicted octanol–water partition coefficient (Wildman–Crippen LogP) is 0.404. The van der Waals surface area contributed by atoms with Crippen LogP contribution in [0.4, 0.5) is 0 Å². The SMILES string of the molecule is C1=CC(C23CC4CC(CC(C4)C2)C3)=[C]([Zr+2][c]2cccc3c2Cc2ccccc2-3)C1.[Cl-].[Cl-]. The Hall–Kier alpha value is -0.617. The Morgan fingerprint density at radius 3 is 2.19 bits per heavy atom. The summed E-state index contributed by atoms with van der Waals surface area (Å²) in [7, 11) is 0. The number of allylic oxidation sites excluding steroid dienone is 4. The van der Waals surface area contributed by atoms with Crippen LogP contribution in [0.5, 0.6) is 0 Å². The van der Waals surface area contributed by atoms with Crippen LogP contribution in [0.15, 0.2) is 63.5 Å². The molecule has 0 aromatic heterocycles. The van der Waals surface area contributed by atoms with Crippen LogP contribution in [0.3, 0.4) is 0 Å². The first-order valence-electron chi connectivity index (χ1n) is 11.6. The van der Waals surface area contributed by atoms with E-state index >= 15 is 0 Å². The van der Waals surface area contributed by atoms with E-state index in [0.717, 1.165) is 24.2 Å². The number of halogens is 2. The molecule has 0 aliphatic heterocycles. The molecule has 0 spiro atoms. The molecule has 6 aliphatic carbocycles.